The second-order valence-corrected chi connectivity index (χ2v) is 6.87. The summed E-state index contributed by atoms with van der Waals surface area (Å²) < 4.78 is 50.8. The van der Waals surface area contributed by atoms with E-state index < -0.39 is 27.2 Å². The van der Waals surface area contributed by atoms with Gasteiger partial charge in [0.25, 0.3) is 0 Å². The molecule has 0 saturated heterocycles. The minimum absolute atomic E-state index is 0.0763. The molecule has 0 bridgehead atoms. The Morgan fingerprint density at radius 1 is 0.950 bits per heavy atom. The molecule has 0 fully saturated rings. The van der Waals surface area contributed by atoms with Crippen LogP contribution in [0.5, 0.6) is 0 Å². The van der Waals surface area contributed by atoms with E-state index in [4.69, 9.17) is 23.2 Å². The zero-order valence-electron chi connectivity index (χ0n) is 9.91. The highest BCUT2D eigenvalue weighted by Gasteiger charge is 2.19. The van der Waals surface area contributed by atoms with Gasteiger partial charge >= 0.3 is 0 Å². The first kappa shape index (κ1) is 15.2. The smallest absolute Gasteiger partial charge is 0.182 e. The van der Waals surface area contributed by atoms with Crippen LogP contribution >= 0.6 is 23.2 Å². The quantitative estimate of drug-likeness (QED) is 0.839. The number of benzene rings is 2. The predicted octanol–water partition coefficient (Wildman–Crippen LogP) is 4.25. The molecule has 0 aliphatic heterocycles. The van der Waals surface area contributed by atoms with Crippen molar-refractivity contribution >= 4 is 33.0 Å². The molecular weight excluding hydrogens is 329 g/mol. The number of hydrogen-bond donors (Lipinski definition) is 0. The molecule has 0 spiro atoms. The third kappa shape index (κ3) is 3.29. The van der Waals surface area contributed by atoms with Crippen molar-refractivity contribution in [3.63, 3.8) is 0 Å². The molecule has 0 aliphatic rings. The Morgan fingerprint density at radius 3 is 2.30 bits per heavy atom. The Labute approximate surface area is 124 Å². The van der Waals surface area contributed by atoms with Crippen molar-refractivity contribution < 1.29 is 17.2 Å². The summed E-state index contributed by atoms with van der Waals surface area (Å²) in [6, 6.07) is 6.43. The van der Waals surface area contributed by atoms with Gasteiger partial charge in [0.15, 0.2) is 9.84 Å². The van der Waals surface area contributed by atoms with Crippen LogP contribution in [0.1, 0.15) is 5.56 Å². The van der Waals surface area contributed by atoms with E-state index in [-0.39, 0.29) is 20.5 Å². The summed E-state index contributed by atoms with van der Waals surface area (Å²) in [6.07, 6.45) is 0. The van der Waals surface area contributed by atoms with Crippen LogP contribution in [-0.4, -0.2) is 8.42 Å². The highest BCUT2D eigenvalue weighted by molar-refractivity contribution is 7.90. The summed E-state index contributed by atoms with van der Waals surface area (Å²) in [7, 11) is -3.84. The zero-order valence-corrected chi connectivity index (χ0v) is 12.2. The first-order valence-electron chi connectivity index (χ1n) is 5.41. The molecule has 0 amide bonds. The van der Waals surface area contributed by atoms with E-state index in [0.29, 0.717) is 0 Å². The first-order chi connectivity index (χ1) is 9.29. The normalized spacial score (nSPS) is 11.6. The van der Waals surface area contributed by atoms with Crippen LogP contribution < -0.4 is 0 Å². The monoisotopic (exact) mass is 336 g/mol. The Morgan fingerprint density at radius 2 is 1.65 bits per heavy atom. The van der Waals surface area contributed by atoms with Gasteiger partial charge in [-0.05, 0) is 36.4 Å². The number of rotatable bonds is 3. The lowest BCUT2D eigenvalue weighted by atomic mass is 10.2. The molecule has 20 heavy (non-hydrogen) atoms. The van der Waals surface area contributed by atoms with Gasteiger partial charge in [0.1, 0.15) is 11.6 Å². The predicted molar refractivity (Wildman–Crippen MR) is 73.7 cm³/mol. The number of hydrogen-bond acceptors (Lipinski definition) is 2. The molecule has 2 nitrogen and oxygen atoms in total. The van der Waals surface area contributed by atoms with E-state index in [1.54, 1.807) is 0 Å². The van der Waals surface area contributed by atoms with Gasteiger partial charge in [0.2, 0.25) is 0 Å². The van der Waals surface area contributed by atoms with Gasteiger partial charge in [-0.2, -0.15) is 0 Å². The SMILES string of the molecule is O=S(=O)(Cc1cc(F)ccc1F)c1ccc(Cl)c(Cl)c1. The number of sulfone groups is 1. The fraction of sp³-hybridized carbons (Fsp3) is 0.0769. The second kappa shape index (κ2) is 5.68. The summed E-state index contributed by atoms with van der Waals surface area (Å²) >= 11 is 11.4. The molecule has 0 N–H and O–H groups in total. The molecule has 2 rings (SSSR count). The van der Waals surface area contributed by atoms with Crippen molar-refractivity contribution in [3.8, 4) is 0 Å². The zero-order chi connectivity index (χ0) is 14.9. The standard InChI is InChI=1S/C13H8Cl2F2O2S/c14-11-3-2-10(6-12(11)15)20(18,19)7-8-5-9(16)1-4-13(8)17/h1-6H,7H2. The maximum Gasteiger partial charge on any atom is 0.182 e. The maximum absolute atomic E-state index is 13.5. The van der Waals surface area contributed by atoms with Crippen LogP contribution in [0.4, 0.5) is 8.78 Å². The molecule has 0 heterocycles. The van der Waals surface area contributed by atoms with Crippen LogP contribution in [0.15, 0.2) is 41.3 Å². The topological polar surface area (TPSA) is 34.1 Å². The molecule has 106 valence electrons. The summed E-state index contributed by atoms with van der Waals surface area (Å²) in [6.45, 7) is 0. The molecule has 2 aromatic rings. The van der Waals surface area contributed by atoms with Gasteiger partial charge in [0.05, 0.1) is 20.7 Å². The van der Waals surface area contributed by atoms with Crippen LogP contribution in [0.2, 0.25) is 10.0 Å². The van der Waals surface area contributed by atoms with Gasteiger partial charge in [-0.25, -0.2) is 17.2 Å². The van der Waals surface area contributed by atoms with E-state index >= 15 is 0 Å². The van der Waals surface area contributed by atoms with Crippen molar-refractivity contribution in [2.75, 3.05) is 0 Å². The van der Waals surface area contributed by atoms with Crippen molar-refractivity contribution in [3.05, 3.63) is 63.6 Å². The van der Waals surface area contributed by atoms with Gasteiger partial charge in [-0.15, -0.1) is 0 Å². The fourth-order valence-electron chi connectivity index (χ4n) is 1.61. The molecule has 0 aliphatic carbocycles. The molecule has 7 heteroatoms. The Kier molecular flexibility index (Phi) is 4.32. The molecular formula is C13H8Cl2F2O2S. The summed E-state index contributed by atoms with van der Waals surface area (Å²) in [5.74, 6) is -2.14. The Hall–Kier alpha value is -1.17. The highest BCUT2D eigenvalue weighted by atomic mass is 35.5. The van der Waals surface area contributed by atoms with E-state index in [1.807, 2.05) is 0 Å². The van der Waals surface area contributed by atoms with Gasteiger partial charge < -0.3 is 0 Å². The third-order valence-electron chi connectivity index (χ3n) is 2.60. The van der Waals surface area contributed by atoms with Crippen molar-refractivity contribution in [1.29, 1.82) is 0 Å². The van der Waals surface area contributed by atoms with Crippen molar-refractivity contribution in [1.82, 2.24) is 0 Å². The lowest BCUT2D eigenvalue weighted by molar-refractivity contribution is 0.578. The molecule has 0 radical (unpaired) electrons. The largest absolute Gasteiger partial charge is 0.223 e. The Bertz CT molecular complexity index is 761. The fourth-order valence-corrected chi connectivity index (χ4v) is 3.35. The Balaban J connectivity index is 2.40. The average molecular weight is 337 g/mol. The lowest BCUT2D eigenvalue weighted by Gasteiger charge is -2.07. The summed E-state index contributed by atoms with van der Waals surface area (Å²) in [5, 5.41) is 0.287. The second-order valence-electron chi connectivity index (χ2n) is 4.07. The molecule has 2 aromatic carbocycles. The van der Waals surface area contributed by atoms with E-state index in [9.17, 15) is 17.2 Å². The minimum atomic E-state index is -3.84. The third-order valence-corrected chi connectivity index (χ3v) is 5.01. The first-order valence-corrected chi connectivity index (χ1v) is 7.82. The van der Waals surface area contributed by atoms with E-state index in [1.165, 1.54) is 18.2 Å². The van der Waals surface area contributed by atoms with Crippen LogP contribution in [0.25, 0.3) is 0 Å². The highest BCUT2D eigenvalue weighted by Crippen LogP contribution is 2.27. The van der Waals surface area contributed by atoms with Gasteiger partial charge in [-0.3, -0.25) is 0 Å². The minimum Gasteiger partial charge on any atom is -0.223 e. The molecule has 0 atom stereocenters. The summed E-state index contributed by atoms with van der Waals surface area (Å²) in [5.41, 5.74) is -0.240. The molecule has 0 unspecified atom stereocenters. The number of halogens is 4. The van der Waals surface area contributed by atoms with Gasteiger partial charge in [0, 0.05) is 5.56 Å². The maximum atomic E-state index is 13.5. The van der Waals surface area contributed by atoms with Crippen LogP contribution in [-0.2, 0) is 15.6 Å². The van der Waals surface area contributed by atoms with Crippen molar-refractivity contribution in [2.24, 2.45) is 0 Å². The average Bonchev–Trinajstić information content (AvgIpc) is 2.36. The van der Waals surface area contributed by atoms with Crippen LogP contribution in [0.3, 0.4) is 0 Å². The summed E-state index contributed by atoms with van der Waals surface area (Å²) in [4.78, 5) is -0.101. The van der Waals surface area contributed by atoms with Crippen LogP contribution in [0, 0.1) is 11.6 Å². The van der Waals surface area contributed by atoms with E-state index in [0.717, 1.165) is 18.2 Å². The molecule has 0 saturated carbocycles. The van der Waals surface area contributed by atoms with Gasteiger partial charge in [-0.1, -0.05) is 23.2 Å². The van der Waals surface area contributed by atoms with E-state index in [2.05, 4.69) is 0 Å². The molecule has 0 aromatic heterocycles. The lowest BCUT2D eigenvalue weighted by Crippen LogP contribution is -2.07. The van der Waals surface area contributed by atoms with Crippen molar-refractivity contribution in [2.45, 2.75) is 10.6 Å².